The third kappa shape index (κ3) is 6.19. The van der Waals surface area contributed by atoms with Crippen molar-refractivity contribution in [3.63, 3.8) is 0 Å². The topological polar surface area (TPSA) is 171 Å². The van der Waals surface area contributed by atoms with Gasteiger partial charge in [0.1, 0.15) is 11.1 Å². The Hall–Kier alpha value is -2.72. The molecule has 150 valence electrons. The second-order valence-corrected chi connectivity index (χ2v) is 6.50. The van der Waals surface area contributed by atoms with Crippen LogP contribution in [0.25, 0.3) is 0 Å². The first-order valence-corrected chi connectivity index (χ1v) is 9.01. The van der Waals surface area contributed by atoms with E-state index in [0.717, 1.165) is 38.5 Å². The number of nitrogens with two attached hydrogens (primary N) is 1. The van der Waals surface area contributed by atoms with Crippen molar-refractivity contribution in [2.24, 2.45) is 21.6 Å². The first-order chi connectivity index (χ1) is 12.7. The van der Waals surface area contributed by atoms with Crippen molar-refractivity contribution in [2.75, 3.05) is 0 Å². The van der Waals surface area contributed by atoms with Crippen LogP contribution in [0.3, 0.4) is 0 Å². The number of unbranched alkanes of at least 4 members (excludes halogenated alkanes) is 5. The van der Waals surface area contributed by atoms with Gasteiger partial charge in [-0.05, 0) is 17.8 Å². The van der Waals surface area contributed by atoms with E-state index in [1.807, 2.05) is 0 Å². The van der Waals surface area contributed by atoms with Crippen molar-refractivity contribution >= 4 is 23.7 Å². The maximum Gasteiger partial charge on any atom is 0.553 e. The Labute approximate surface area is 156 Å². The number of Topliss-reactive ketones (excluding diaryl/α,β-unsaturated/α-hetero) is 1. The highest BCUT2D eigenvalue weighted by Crippen LogP contribution is 2.25. The van der Waals surface area contributed by atoms with Gasteiger partial charge in [-0.25, -0.2) is 0 Å². The van der Waals surface area contributed by atoms with Crippen molar-refractivity contribution < 1.29 is 19.4 Å². The maximum atomic E-state index is 12.3. The summed E-state index contributed by atoms with van der Waals surface area (Å²) in [5.74, 6) is -5.75. The van der Waals surface area contributed by atoms with Crippen molar-refractivity contribution in [1.29, 1.82) is 0 Å². The van der Waals surface area contributed by atoms with E-state index in [1.165, 1.54) is 0 Å². The fourth-order valence-corrected chi connectivity index (χ4v) is 2.85. The van der Waals surface area contributed by atoms with Gasteiger partial charge in [0.25, 0.3) is 5.78 Å². The van der Waals surface area contributed by atoms with Gasteiger partial charge in [0.15, 0.2) is 0 Å². The first kappa shape index (κ1) is 22.3. The summed E-state index contributed by atoms with van der Waals surface area (Å²) in [6.07, 6.45) is 6.93. The predicted octanol–water partition coefficient (Wildman–Crippen LogP) is 1.88. The molecule has 0 fully saturated rings. The molecule has 27 heavy (non-hydrogen) atoms. The molecule has 0 aromatic rings. The second kappa shape index (κ2) is 10.4. The molecule has 0 saturated carbocycles. The summed E-state index contributed by atoms with van der Waals surface area (Å²) in [5, 5.41) is 21.9. The molecule has 1 heterocycles. The van der Waals surface area contributed by atoms with Crippen LogP contribution < -0.4 is 5.73 Å². The summed E-state index contributed by atoms with van der Waals surface area (Å²) in [5.41, 5.74) is 5.36. The highest BCUT2D eigenvalue weighted by molar-refractivity contribution is 6.27. The molecule has 1 aliphatic rings. The Balaban J connectivity index is 2.63. The molecule has 2 atom stereocenters. The van der Waals surface area contributed by atoms with Gasteiger partial charge in [-0.1, -0.05) is 45.4 Å². The molecular formula is C16H25N5O6. The molecule has 11 heteroatoms. The lowest BCUT2D eigenvalue weighted by Gasteiger charge is -2.13. The minimum Gasteiger partial charge on any atom is -0.369 e. The molecule has 1 aliphatic heterocycles. The standard InChI is InChI=1S/C16H25N5O6/c1-2-3-4-5-6-7-8-12(15(17)23)9-10-13(22)16(21(26)27)18-11-14(19-16)20(24)25/h11-12H,2-10H2,1H3,(H2,17,23). The third-order valence-corrected chi connectivity index (χ3v) is 4.47. The summed E-state index contributed by atoms with van der Waals surface area (Å²) in [4.78, 5) is 50.5. The van der Waals surface area contributed by atoms with Crippen LogP contribution in [0, 0.1) is 26.1 Å². The van der Waals surface area contributed by atoms with Crippen molar-refractivity contribution in [2.45, 2.75) is 70.5 Å². The Morgan fingerprint density at radius 1 is 1.15 bits per heavy atom. The lowest BCUT2D eigenvalue weighted by Crippen LogP contribution is -2.42. The van der Waals surface area contributed by atoms with Gasteiger partial charge in [-0.3, -0.25) is 19.7 Å². The van der Waals surface area contributed by atoms with E-state index in [4.69, 9.17) is 5.73 Å². The van der Waals surface area contributed by atoms with Gasteiger partial charge in [0, 0.05) is 17.3 Å². The highest BCUT2D eigenvalue weighted by Gasteiger charge is 2.60. The zero-order valence-corrected chi connectivity index (χ0v) is 15.3. The van der Waals surface area contributed by atoms with Crippen LogP contribution in [0.15, 0.2) is 9.98 Å². The number of hydrogen-bond donors (Lipinski definition) is 1. The van der Waals surface area contributed by atoms with Gasteiger partial charge < -0.3 is 15.8 Å². The molecule has 2 unspecified atom stereocenters. The number of carbonyl (C=O) groups is 2. The SMILES string of the molecule is CCCCCCCCC(CCC(=O)C1([N+](=O)[O-])N=CC([N+](=O)[O-])=N1)C(N)=O. The van der Waals surface area contributed by atoms with Gasteiger partial charge >= 0.3 is 11.6 Å². The van der Waals surface area contributed by atoms with E-state index in [-0.39, 0.29) is 12.8 Å². The average Bonchev–Trinajstić information content (AvgIpc) is 3.07. The monoisotopic (exact) mass is 383 g/mol. The minimum absolute atomic E-state index is 0.0254. The van der Waals surface area contributed by atoms with Crippen LogP contribution >= 0.6 is 0 Å². The fourth-order valence-electron chi connectivity index (χ4n) is 2.85. The summed E-state index contributed by atoms with van der Waals surface area (Å²) in [6, 6.07) is 0. The number of amidine groups is 1. The van der Waals surface area contributed by atoms with E-state index >= 15 is 0 Å². The maximum absolute atomic E-state index is 12.3. The van der Waals surface area contributed by atoms with Gasteiger partial charge in [-0.15, -0.1) is 0 Å². The van der Waals surface area contributed by atoms with Gasteiger partial charge in [-0.2, -0.15) is 4.99 Å². The van der Waals surface area contributed by atoms with Gasteiger partial charge in [0.2, 0.25) is 5.91 Å². The predicted molar refractivity (Wildman–Crippen MR) is 97.6 cm³/mol. The number of ketones is 1. The van der Waals surface area contributed by atoms with Gasteiger partial charge in [0.05, 0.1) is 0 Å². The minimum atomic E-state index is -2.73. The number of carbonyl (C=O) groups excluding carboxylic acids is 2. The van der Waals surface area contributed by atoms with Crippen molar-refractivity contribution in [1.82, 2.24) is 0 Å². The highest BCUT2D eigenvalue weighted by atomic mass is 16.6. The number of amides is 1. The molecule has 1 amide bonds. The van der Waals surface area contributed by atoms with Crippen molar-refractivity contribution in [3.05, 3.63) is 20.2 Å². The molecule has 0 bridgehead atoms. The Morgan fingerprint density at radius 2 is 1.78 bits per heavy atom. The molecule has 11 nitrogen and oxygen atoms in total. The number of aliphatic imine (C=N–C) groups is 2. The van der Waals surface area contributed by atoms with Crippen LogP contribution in [0.2, 0.25) is 0 Å². The van der Waals surface area contributed by atoms with E-state index in [1.54, 1.807) is 0 Å². The lowest BCUT2D eigenvalue weighted by molar-refractivity contribution is -0.548. The summed E-state index contributed by atoms with van der Waals surface area (Å²) in [7, 11) is 0. The first-order valence-electron chi connectivity index (χ1n) is 9.01. The zero-order chi connectivity index (χ0) is 20.4. The Kier molecular flexibility index (Phi) is 8.63. The molecular weight excluding hydrogens is 358 g/mol. The van der Waals surface area contributed by atoms with E-state index in [2.05, 4.69) is 16.9 Å². The van der Waals surface area contributed by atoms with Crippen LogP contribution in [0.5, 0.6) is 0 Å². The summed E-state index contributed by atoms with van der Waals surface area (Å²) < 4.78 is 0. The fraction of sp³-hybridized carbons (Fsp3) is 0.750. The molecule has 0 radical (unpaired) electrons. The molecule has 2 N–H and O–H groups in total. The smallest absolute Gasteiger partial charge is 0.369 e. The van der Waals surface area contributed by atoms with E-state index in [0.29, 0.717) is 12.6 Å². The largest absolute Gasteiger partial charge is 0.553 e. The average molecular weight is 383 g/mol. The number of rotatable bonds is 13. The summed E-state index contributed by atoms with van der Waals surface area (Å²) in [6.45, 7) is 2.12. The van der Waals surface area contributed by atoms with Crippen LogP contribution in [-0.2, 0) is 9.59 Å². The van der Waals surface area contributed by atoms with Crippen LogP contribution in [-0.4, -0.2) is 39.4 Å². The zero-order valence-electron chi connectivity index (χ0n) is 15.3. The molecule has 1 rings (SSSR count). The number of nitro groups is 2. The number of hydrogen-bond acceptors (Lipinski definition) is 8. The van der Waals surface area contributed by atoms with Crippen molar-refractivity contribution in [3.8, 4) is 0 Å². The van der Waals surface area contributed by atoms with Crippen LogP contribution in [0.4, 0.5) is 0 Å². The second-order valence-electron chi connectivity index (χ2n) is 6.50. The third-order valence-electron chi connectivity index (χ3n) is 4.47. The quantitative estimate of drug-likeness (QED) is 0.289. The Bertz CT molecular complexity index is 647. The molecule has 0 aromatic carbocycles. The molecule has 0 spiro atoms. The molecule has 0 saturated heterocycles. The molecule has 0 aromatic heterocycles. The summed E-state index contributed by atoms with van der Waals surface area (Å²) >= 11 is 0. The normalized spacial score (nSPS) is 19.5. The van der Waals surface area contributed by atoms with E-state index < -0.39 is 39.1 Å². The van der Waals surface area contributed by atoms with Crippen LogP contribution in [0.1, 0.15) is 64.7 Å². The Morgan fingerprint density at radius 3 is 2.30 bits per heavy atom. The number of primary amides is 1. The lowest BCUT2D eigenvalue weighted by atomic mass is 9.93. The van der Waals surface area contributed by atoms with E-state index in [9.17, 15) is 29.8 Å². The number of nitrogens with zero attached hydrogens (tertiary/aromatic N) is 4. The molecule has 0 aliphatic carbocycles.